The van der Waals surface area contributed by atoms with Crippen molar-refractivity contribution in [3.8, 4) is 5.88 Å². The summed E-state index contributed by atoms with van der Waals surface area (Å²) in [5.74, 6) is 0.664. The third kappa shape index (κ3) is 2.62. The predicted molar refractivity (Wildman–Crippen MR) is 58.9 cm³/mol. The topological polar surface area (TPSA) is 34.1 Å². The van der Waals surface area contributed by atoms with Gasteiger partial charge in [-0.25, -0.2) is 4.98 Å². The molecule has 1 unspecified atom stereocenters. The zero-order chi connectivity index (χ0) is 10.6. The van der Waals surface area contributed by atoms with E-state index in [9.17, 15) is 0 Å². The van der Waals surface area contributed by atoms with Crippen LogP contribution in [-0.2, 0) is 0 Å². The number of hydrogen-bond acceptors (Lipinski definition) is 3. The molecule has 1 heterocycles. The maximum absolute atomic E-state index is 5.04. The van der Waals surface area contributed by atoms with Gasteiger partial charge in [0.2, 0.25) is 5.88 Å². The maximum atomic E-state index is 5.04. The van der Waals surface area contributed by atoms with Crippen molar-refractivity contribution in [2.45, 2.75) is 33.2 Å². The number of ether oxygens (including phenoxy) is 1. The Balaban J connectivity index is 2.78. The largest absolute Gasteiger partial charge is 0.481 e. The lowest BCUT2D eigenvalue weighted by molar-refractivity contribution is 0.397. The molecule has 14 heavy (non-hydrogen) atoms. The standard InChI is InChI=1S/C11H18N2O/c1-5-8(2)12-10-6-7-11(14-4)13-9(10)3/h6-8,12H,5H2,1-4H3. The number of pyridine rings is 1. The van der Waals surface area contributed by atoms with E-state index in [1.165, 1.54) is 0 Å². The van der Waals surface area contributed by atoms with Gasteiger partial charge in [0, 0.05) is 12.1 Å². The molecule has 0 amide bonds. The molecule has 3 heteroatoms. The molecular weight excluding hydrogens is 176 g/mol. The number of methoxy groups -OCH3 is 1. The first-order valence-electron chi connectivity index (χ1n) is 4.95. The fourth-order valence-corrected chi connectivity index (χ4v) is 1.17. The minimum absolute atomic E-state index is 0.476. The van der Waals surface area contributed by atoms with Crippen LogP contribution in [0.15, 0.2) is 12.1 Å². The zero-order valence-corrected chi connectivity index (χ0v) is 9.29. The minimum Gasteiger partial charge on any atom is -0.481 e. The number of hydrogen-bond donors (Lipinski definition) is 1. The van der Waals surface area contributed by atoms with Crippen LogP contribution in [-0.4, -0.2) is 18.1 Å². The first-order valence-corrected chi connectivity index (χ1v) is 4.95. The van der Waals surface area contributed by atoms with E-state index >= 15 is 0 Å². The lowest BCUT2D eigenvalue weighted by atomic mass is 10.2. The molecule has 0 saturated heterocycles. The molecule has 1 aromatic rings. The van der Waals surface area contributed by atoms with Crippen LogP contribution in [0.2, 0.25) is 0 Å². The summed E-state index contributed by atoms with van der Waals surface area (Å²) in [6.45, 7) is 6.29. The van der Waals surface area contributed by atoms with Crippen molar-refractivity contribution in [3.05, 3.63) is 17.8 Å². The summed E-state index contributed by atoms with van der Waals surface area (Å²) < 4.78 is 5.04. The zero-order valence-electron chi connectivity index (χ0n) is 9.29. The van der Waals surface area contributed by atoms with Gasteiger partial charge in [-0.1, -0.05) is 6.92 Å². The average molecular weight is 194 g/mol. The van der Waals surface area contributed by atoms with Gasteiger partial charge < -0.3 is 10.1 Å². The lowest BCUT2D eigenvalue weighted by Crippen LogP contribution is -2.14. The first kappa shape index (κ1) is 10.8. The smallest absolute Gasteiger partial charge is 0.213 e. The summed E-state index contributed by atoms with van der Waals surface area (Å²) in [5.41, 5.74) is 2.06. The summed E-state index contributed by atoms with van der Waals surface area (Å²) in [7, 11) is 1.63. The molecule has 0 fully saturated rings. The summed E-state index contributed by atoms with van der Waals surface area (Å²) in [4.78, 5) is 4.29. The quantitative estimate of drug-likeness (QED) is 0.800. The number of anilines is 1. The van der Waals surface area contributed by atoms with Crippen LogP contribution < -0.4 is 10.1 Å². The van der Waals surface area contributed by atoms with Crippen LogP contribution in [0.1, 0.15) is 26.0 Å². The molecule has 0 aliphatic rings. The van der Waals surface area contributed by atoms with Crippen molar-refractivity contribution in [3.63, 3.8) is 0 Å². The molecule has 0 aromatic carbocycles. The molecular formula is C11H18N2O. The summed E-state index contributed by atoms with van der Waals surface area (Å²) in [6.07, 6.45) is 1.10. The maximum Gasteiger partial charge on any atom is 0.213 e. The van der Waals surface area contributed by atoms with E-state index in [2.05, 4.69) is 24.1 Å². The highest BCUT2D eigenvalue weighted by Gasteiger charge is 2.04. The van der Waals surface area contributed by atoms with Crippen LogP contribution >= 0.6 is 0 Å². The third-order valence-electron chi connectivity index (χ3n) is 2.28. The van der Waals surface area contributed by atoms with E-state index in [0.29, 0.717) is 11.9 Å². The molecule has 1 N–H and O–H groups in total. The van der Waals surface area contributed by atoms with E-state index in [0.717, 1.165) is 17.8 Å². The Morgan fingerprint density at radius 3 is 2.71 bits per heavy atom. The summed E-state index contributed by atoms with van der Waals surface area (Å²) >= 11 is 0. The molecule has 1 aromatic heterocycles. The summed E-state index contributed by atoms with van der Waals surface area (Å²) in [6, 6.07) is 4.36. The van der Waals surface area contributed by atoms with Gasteiger partial charge in [-0.05, 0) is 26.3 Å². The number of aryl methyl sites for hydroxylation is 1. The normalized spacial score (nSPS) is 12.3. The van der Waals surface area contributed by atoms with Crippen LogP contribution in [0.3, 0.4) is 0 Å². The van der Waals surface area contributed by atoms with Crippen LogP contribution in [0.5, 0.6) is 5.88 Å². The second kappa shape index (κ2) is 4.84. The molecule has 78 valence electrons. The predicted octanol–water partition coefficient (Wildman–Crippen LogP) is 2.61. The molecule has 0 aliphatic heterocycles. The number of rotatable bonds is 4. The van der Waals surface area contributed by atoms with Crippen LogP contribution in [0, 0.1) is 6.92 Å². The molecule has 3 nitrogen and oxygen atoms in total. The number of nitrogens with zero attached hydrogens (tertiary/aromatic N) is 1. The van der Waals surface area contributed by atoms with Crippen molar-refractivity contribution >= 4 is 5.69 Å². The van der Waals surface area contributed by atoms with Crippen molar-refractivity contribution < 1.29 is 4.74 Å². The van der Waals surface area contributed by atoms with E-state index in [1.54, 1.807) is 7.11 Å². The number of aromatic nitrogens is 1. The molecule has 0 bridgehead atoms. The van der Waals surface area contributed by atoms with E-state index in [-0.39, 0.29) is 0 Å². The van der Waals surface area contributed by atoms with Gasteiger partial charge in [0.15, 0.2) is 0 Å². The molecule has 0 saturated carbocycles. The fraction of sp³-hybridized carbons (Fsp3) is 0.545. The average Bonchev–Trinajstić information content (AvgIpc) is 2.20. The van der Waals surface area contributed by atoms with Crippen molar-refractivity contribution in [1.29, 1.82) is 0 Å². The molecule has 1 atom stereocenters. The summed E-state index contributed by atoms with van der Waals surface area (Å²) in [5, 5.41) is 3.39. The Bertz CT molecular complexity index is 299. The Labute approximate surface area is 85.5 Å². The molecule has 0 spiro atoms. The van der Waals surface area contributed by atoms with E-state index in [1.807, 2.05) is 19.1 Å². The second-order valence-electron chi connectivity index (χ2n) is 3.44. The SMILES string of the molecule is CCC(C)Nc1ccc(OC)nc1C. The van der Waals surface area contributed by atoms with Crippen molar-refractivity contribution in [2.75, 3.05) is 12.4 Å². The van der Waals surface area contributed by atoms with Gasteiger partial charge in [-0.3, -0.25) is 0 Å². The Hall–Kier alpha value is -1.25. The minimum atomic E-state index is 0.476. The van der Waals surface area contributed by atoms with Crippen molar-refractivity contribution in [1.82, 2.24) is 4.98 Å². The molecule has 0 radical (unpaired) electrons. The highest BCUT2D eigenvalue weighted by atomic mass is 16.5. The third-order valence-corrected chi connectivity index (χ3v) is 2.28. The Kier molecular flexibility index (Phi) is 3.74. The number of nitrogens with one attached hydrogen (secondary N) is 1. The van der Waals surface area contributed by atoms with Crippen molar-refractivity contribution in [2.24, 2.45) is 0 Å². The van der Waals surface area contributed by atoms with Gasteiger partial charge in [-0.2, -0.15) is 0 Å². The Morgan fingerprint density at radius 1 is 1.50 bits per heavy atom. The van der Waals surface area contributed by atoms with Gasteiger partial charge >= 0.3 is 0 Å². The highest BCUT2D eigenvalue weighted by molar-refractivity contribution is 5.49. The van der Waals surface area contributed by atoms with Gasteiger partial charge in [0.1, 0.15) is 0 Å². The van der Waals surface area contributed by atoms with E-state index < -0.39 is 0 Å². The highest BCUT2D eigenvalue weighted by Crippen LogP contribution is 2.17. The lowest BCUT2D eigenvalue weighted by Gasteiger charge is -2.14. The fourth-order valence-electron chi connectivity index (χ4n) is 1.17. The van der Waals surface area contributed by atoms with E-state index in [4.69, 9.17) is 4.74 Å². The van der Waals surface area contributed by atoms with Crippen LogP contribution in [0.4, 0.5) is 5.69 Å². The Morgan fingerprint density at radius 2 is 2.21 bits per heavy atom. The monoisotopic (exact) mass is 194 g/mol. The molecule has 0 aliphatic carbocycles. The van der Waals surface area contributed by atoms with Gasteiger partial charge in [0.05, 0.1) is 18.5 Å². The molecule has 1 rings (SSSR count). The van der Waals surface area contributed by atoms with Gasteiger partial charge in [-0.15, -0.1) is 0 Å². The second-order valence-corrected chi connectivity index (χ2v) is 3.44. The van der Waals surface area contributed by atoms with Gasteiger partial charge in [0.25, 0.3) is 0 Å². The van der Waals surface area contributed by atoms with Crippen LogP contribution in [0.25, 0.3) is 0 Å². The first-order chi connectivity index (χ1) is 6.67.